The van der Waals surface area contributed by atoms with E-state index in [-0.39, 0.29) is 18.2 Å². The quantitative estimate of drug-likeness (QED) is 0.534. The molecule has 29 heavy (non-hydrogen) atoms. The van der Waals surface area contributed by atoms with Gasteiger partial charge in [0.15, 0.2) is 10.3 Å². The van der Waals surface area contributed by atoms with Crippen molar-refractivity contribution in [2.24, 2.45) is 7.05 Å². The Kier molecular flexibility index (Phi) is 6.88. The molecule has 3 rings (SSSR count). The molecule has 1 unspecified atom stereocenters. The molecule has 2 N–H and O–H groups in total. The van der Waals surface area contributed by atoms with Gasteiger partial charge in [-0.1, -0.05) is 23.4 Å². The summed E-state index contributed by atoms with van der Waals surface area (Å²) in [5.74, 6) is 0.112. The monoisotopic (exact) mass is 450 g/mol. The van der Waals surface area contributed by atoms with Gasteiger partial charge in [-0.2, -0.15) is 0 Å². The van der Waals surface area contributed by atoms with E-state index in [2.05, 4.69) is 25.8 Å². The first kappa shape index (κ1) is 21.3. The number of rotatable bonds is 7. The molecular weight excluding hydrogens is 432 g/mol. The van der Waals surface area contributed by atoms with Gasteiger partial charge in [-0.25, -0.2) is 4.98 Å². The Morgan fingerprint density at radius 2 is 1.97 bits per heavy atom. The van der Waals surface area contributed by atoms with Crippen LogP contribution in [0.4, 0.5) is 10.8 Å². The average molecular weight is 451 g/mol. The molecule has 0 spiro atoms. The number of carbonyl (C=O) groups excluding carboxylic acids is 2. The van der Waals surface area contributed by atoms with Gasteiger partial charge in [-0.05, 0) is 38.1 Å². The molecule has 11 heteroatoms. The summed E-state index contributed by atoms with van der Waals surface area (Å²) in [6, 6.07) is 6.85. The average Bonchev–Trinajstić information content (AvgIpc) is 3.23. The summed E-state index contributed by atoms with van der Waals surface area (Å²) >= 11 is 8.49. The lowest BCUT2D eigenvalue weighted by Gasteiger charge is -2.10. The summed E-state index contributed by atoms with van der Waals surface area (Å²) in [4.78, 5) is 28.8. The van der Waals surface area contributed by atoms with Gasteiger partial charge >= 0.3 is 0 Å². The third-order valence-electron chi connectivity index (χ3n) is 3.87. The minimum absolute atomic E-state index is 0.0612. The van der Waals surface area contributed by atoms with Gasteiger partial charge in [0.25, 0.3) is 0 Å². The van der Waals surface area contributed by atoms with Crippen LogP contribution in [0.5, 0.6) is 0 Å². The highest BCUT2D eigenvalue weighted by Gasteiger charge is 2.20. The molecule has 1 atom stereocenters. The van der Waals surface area contributed by atoms with Crippen LogP contribution in [0.2, 0.25) is 5.02 Å². The summed E-state index contributed by atoms with van der Waals surface area (Å²) in [6.07, 6.45) is 0.0612. The number of nitrogens with one attached hydrogen (secondary N) is 2. The molecule has 2 heterocycles. The van der Waals surface area contributed by atoms with Crippen LogP contribution in [0, 0.1) is 6.92 Å². The zero-order valence-corrected chi connectivity index (χ0v) is 18.4. The Hall–Kier alpha value is -2.43. The first-order valence-electron chi connectivity index (χ1n) is 8.65. The topological polar surface area (TPSA) is 102 Å². The zero-order valence-electron chi connectivity index (χ0n) is 16.0. The summed E-state index contributed by atoms with van der Waals surface area (Å²) in [5, 5.41) is 16.9. The van der Waals surface area contributed by atoms with Gasteiger partial charge < -0.3 is 15.2 Å². The number of amides is 2. The van der Waals surface area contributed by atoms with Crippen molar-refractivity contribution in [1.82, 2.24) is 19.7 Å². The number of thioether (sulfide) groups is 1. The van der Waals surface area contributed by atoms with Gasteiger partial charge in [0.05, 0.1) is 17.4 Å². The lowest BCUT2D eigenvalue weighted by molar-refractivity contribution is -0.116. The van der Waals surface area contributed by atoms with Crippen molar-refractivity contribution in [2.45, 2.75) is 30.7 Å². The van der Waals surface area contributed by atoms with Crippen molar-refractivity contribution in [3.63, 3.8) is 0 Å². The van der Waals surface area contributed by atoms with Crippen molar-refractivity contribution in [3.05, 3.63) is 46.2 Å². The first-order chi connectivity index (χ1) is 13.8. The van der Waals surface area contributed by atoms with E-state index in [9.17, 15) is 9.59 Å². The fourth-order valence-corrected chi connectivity index (χ4v) is 3.96. The van der Waals surface area contributed by atoms with Crippen molar-refractivity contribution < 1.29 is 9.59 Å². The Labute approximate surface area is 181 Å². The largest absolute Gasteiger partial charge is 0.326 e. The summed E-state index contributed by atoms with van der Waals surface area (Å²) in [6.45, 7) is 3.65. The maximum absolute atomic E-state index is 12.4. The molecule has 0 radical (unpaired) electrons. The van der Waals surface area contributed by atoms with Crippen molar-refractivity contribution in [1.29, 1.82) is 0 Å². The molecular formula is C18H19ClN6O2S2. The van der Waals surface area contributed by atoms with Crippen LogP contribution in [0.25, 0.3) is 0 Å². The zero-order chi connectivity index (χ0) is 21.0. The fraction of sp³-hybridized carbons (Fsp3) is 0.278. The molecule has 0 bridgehead atoms. The lowest BCUT2D eigenvalue weighted by Crippen LogP contribution is -2.23. The number of aromatic nitrogens is 4. The van der Waals surface area contributed by atoms with Crippen LogP contribution in [-0.2, 0) is 23.1 Å². The molecule has 3 aromatic rings. The second-order valence-corrected chi connectivity index (χ2v) is 8.84. The lowest BCUT2D eigenvalue weighted by atomic mass is 10.3. The highest BCUT2D eigenvalue weighted by atomic mass is 35.5. The van der Waals surface area contributed by atoms with Crippen LogP contribution in [0.1, 0.15) is 18.4 Å². The minimum Gasteiger partial charge on any atom is -0.326 e. The first-order valence-corrected chi connectivity index (χ1v) is 10.8. The van der Waals surface area contributed by atoms with Gasteiger partial charge in [0.2, 0.25) is 11.8 Å². The number of hydrogen-bond acceptors (Lipinski definition) is 7. The molecule has 152 valence electrons. The summed E-state index contributed by atoms with van der Waals surface area (Å²) < 4.78 is 1.71. The number of halogens is 1. The maximum atomic E-state index is 12.4. The second kappa shape index (κ2) is 9.38. The Bertz CT molecular complexity index is 1020. The number of benzene rings is 1. The number of nitrogens with zero attached hydrogens (tertiary/aromatic N) is 4. The predicted octanol–water partition coefficient (Wildman–Crippen LogP) is 3.53. The fourth-order valence-electron chi connectivity index (χ4n) is 2.31. The number of anilines is 2. The Balaban J connectivity index is 1.57. The molecule has 1 aromatic carbocycles. The van der Waals surface area contributed by atoms with Gasteiger partial charge in [-0.15, -0.1) is 21.5 Å². The smallest absolute Gasteiger partial charge is 0.239 e. The second-order valence-electron chi connectivity index (χ2n) is 6.23. The van der Waals surface area contributed by atoms with E-state index in [0.29, 0.717) is 26.8 Å². The van der Waals surface area contributed by atoms with E-state index in [1.54, 1.807) is 42.8 Å². The van der Waals surface area contributed by atoms with E-state index < -0.39 is 5.25 Å². The van der Waals surface area contributed by atoms with Crippen LogP contribution in [0.15, 0.2) is 34.8 Å². The molecule has 0 saturated heterocycles. The van der Waals surface area contributed by atoms with Crippen LogP contribution < -0.4 is 10.6 Å². The number of thiazole rings is 1. The Morgan fingerprint density at radius 1 is 1.24 bits per heavy atom. The van der Waals surface area contributed by atoms with Crippen molar-refractivity contribution in [2.75, 3.05) is 10.6 Å². The van der Waals surface area contributed by atoms with E-state index in [1.165, 1.54) is 23.1 Å². The molecule has 8 nitrogen and oxygen atoms in total. The highest BCUT2D eigenvalue weighted by Crippen LogP contribution is 2.24. The van der Waals surface area contributed by atoms with E-state index >= 15 is 0 Å². The summed E-state index contributed by atoms with van der Waals surface area (Å²) in [5.41, 5.74) is 1.51. The maximum Gasteiger partial charge on any atom is 0.239 e. The van der Waals surface area contributed by atoms with Gasteiger partial charge in [0.1, 0.15) is 5.82 Å². The van der Waals surface area contributed by atoms with Crippen LogP contribution >= 0.6 is 34.7 Å². The van der Waals surface area contributed by atoms with Gasteiger partial charge in [0, 0.05) is 23.1 Å². The Morgan fingerprint density at radius 3 is 2.62 bits per heavy atom. The number of aryl methyl sites for hydroxylation is 1. The van der Waals surface area contributed by atoms with E-state index in [4.69, 9.17) is 11.6 Å². The molecule has 0 fully saturated rings. The standard InChI is InChI=1S/C18H19ClN6O2S2/c1-10-9-28-17(20-10)22-16(27)11(2)29-18-24-23-14(25(18)3)8-15(26)21-13-6-4-12(19)5-7-13/h4-7,9,11H,8H2,1-3H3,(H,21,26)(H,20,22,27). The van der Waals surface area contributed by atoms with Crippen LogP contribution in [0.3, 0.4) is 0 Å². The van der Waals surface area contributed by atoms with Crippen molar-refractivity contribution in [3.8, 4) is 0 Å². The molecule has 0 aliphatic heterocycles. The molecule has 0 saturated carbocycles. The predicted molar refractivity (Wildman–Crippen MR) is 116 cm³/mol. The number of hydrogen-bond donors (Lipinski definition) is 2. The third-order valence-corrected chi connectivity index (χ3v) is 6.13. The SMILES string of the molecule is Cc1csc(NC(=O)C(C)Sc2nnc(CC(=O)Nc3ccc(Cl)cc3)n2C)n1. The van der Waals surface area contributed by atoms with Crippen molar-refractivity contribution >= 4 is 57.3 Å². The summed E-state index contributed by atoms with van der Waals surface area (Å²) in [7, 11) is 1.77. The number of carbonyl (C=O) groups is 2. The molecule has 2 amide bonds. The minimum atomic E-state index is -0.405. The van der Waals surface area contributed by atoms with E-state index in [1.807, 2.05) is 12.3 Å². The highest BCUT2D eigenvalue weighted by molar-refractivity contribution is 8.00. The molecule has 0 aliphatic carbocycles. The normalized spacial score (nSPS) is 11.9. The van der Waals surface area contributed by atoms with E-state index in [0.717, 1.165) is 5.69 Å². The molecule has 0 aliphatic rings. The van der Waals surface area contributed by atoms with Crippen LogP contribution in [-0.4, -0.2) is 36.8 Å². The van der Waals surface area contributed by atoms with Gasteiger partial charge in [-0.3, -0.25) is 9.59 Å². The molecule has 2 aromatic heterocycles. The third kappa shape index (κ3) is 5.78.